The number of rotatable bonds is 12. The molecule has 0 aromatic heterocycles. The number of hydrogen-bond acceptors (Lipinski definition) is 10. The van der Waals surface area contributed by atoms with Crippen molar-refractivity contribution in [3.8, 4) is 5.75 Å². The number of aryl methyl sites for hydroxylation is 1. The van der Waals surface area contributed by atoms with Crippen LogP contribution in [0.25, 0.3) is 0 Å². The van der Waals surface area contributed by atoms with E-state index in [1.807, 2.05) is 25.1 Å². The lowest BCUT2D eigenvalue weighted by atomic mass is 9.99. The van der Waals surface area contributed by atoms with Crippen molar-refractivity contribution in [3.05, 3.63) is 59.7 Å². The molecule has 12 nitrogen and oxygen atoms in total. The first kappa shape index (κ1) is 31.2. The zero-order chi connectivity index (χ0) is 29.2. The summed E-state index contributed by atoms with van der Waals surface area (Å²) in [5.74, 6) is -0.701. The van der Waals surface area contributed by atoms with E-state index < -0.39 is 48.7 Å². The van der Waals surface area contributed by atoms with E-state index in [2.05, 4.69) is 17.4 Å². The number of carbonyl (C=O) groups excluding carboxylic acids is 2. The molecule has 0 aliphatic carbocycles. The lowest BCUT2D eigenvalue weighted by Gasteiger charge is -2.38. The van der Waals surface area contributed by atoms with Crippen LogP contribution in [0.2, 0.25) is 0 Å². The number of aliphatic hydroxyl groups is 3. The average Bonchev–Trinajstić information content (AvgIpc) is 2.93. The number of ether oxygens (including phenoxy) is 3. The van der Waals surface area contributed by atoms with Crippen molar-refractivity contribution in [3.63, 3.8) is 0 Å². The van der Waals surface area contributed by atoms with E-state index in [-0.39, 0.29) is 18.0 Å². The number of nitrogens with one attached hydrogen (secondary N) is 1. The maximum atomic E-state index is 12.6. The Morgan fingerprint density at radius 3 is 2.40 bits per heavy atom. The van der Waals surface area contributed by atoms with Crippen LogP contribution >= 0.6 is 11.8 Å². The maximum absolute atomic E-state index is 12.6. The number of aliphatic hydroxyl groups excluding tert-OH is 3. The van der Waals surface area contributed by atoms with Gasteiger partial charge >= 0.3 is 12.1 Å². The van der Waals surface area contributed by atoms with Gasteiger partial charge in [-0.15, -0.1) is 11.8 Å². The summed E-state index contributed by atoms with van der Waals surface area (Å²) in [5.41, 5.74) is 1.87. The highest BCUT2D eigenvalue weighted by Gasteiger charge is 2.48. The van der Waals surface area contributed by atoms with Crippen molar-refractivity contribution in [1.82, 2.24) is 4.90 Å². The first-order valence-corrected chi connectivity index (χ1v) is 13.8. The molecular formula is C27H34N2O10S. The van der Waals surface area contributed by atoms with E-state index >= 15 is 0 Å². The van der Waals surface area contributed by atoms with Gasteiger partial charge in [0.1, 0.15) is 30.7 Å². The van der Waals surface area contributed by atoms with Crippen molar-refractivity contribution >= 4 is 35.4 Å². The minimum atomic E-state index is -1.87. The molecule has 1 aliphatic rings. The minimum absolute atomic E-state index is 0.00736. The number of amides is 2. The number of thioether (sulfide) groups is 1. The summed E-state index contributed by atoms with van der Waals surface area (Å²) in [6, 6.07) is 14.5. The van der Waals surface area contributed by atoms with Crippen LogP contribution in [-0.4, -0.2) is 92.2 Å². The number of anilines is 1. The van der Waals surface area contributed by atoms with E-state index in [9.17, 15) is 34.8 Å². The summed E-state index contributed by atoms with van der Waals surface area (Å²) < 4.78 is 16.2. The zero-order valence-corrected chi connectivity index (χ0v) is 23.0. The van der Waals surface area contributed by atoms with Gasteiger partial charge in [-0.1, -0.05) is 36.4 Å². The Balaban J connectivity index is 1.60. The molecule has 1 aliphatic heterocycles. The highest BCUT2D eigenvalue weighted by Crippen LogP contribution is 2.31. The molecule has 0 radical (unpaired) electrons. The summed E-state index contributed by atoms with van der Waals surface area (Å²) in [4.78, 5) is 37.4. The van der Waals surface area contributed by atoms with Gasteiger partial charge in [0.2, 0.25) is 12.2 Å². The van der Waals surface area contributed by atoms with E-state index in [0.29, 0.717) is 18.0 Å². The normalized spacial score (nSPS) is 22.3. The lowest BCUT2D eigenvalue weighted by molar-refractivity contribution is -0.271. The number of carboxylic acids is 1. The van der Waals surface area contributed by atoms with Crippen LogP contribution in [0.15, 0.2) is 48.5 Å². The van der Waals surface area contributed by atoms with Gasteiger partial charge in [-0.05, 0) is 42.4 Å². The number of carbonyl (C=O) groups is 3. The quantitative estimate of drug-likeness (QED) is 0.183. The first-order chi connectivity index (χ1) is 19.1. The van der Waals surface area contributed by atoms with E-state index in [4.69, 9.17) is 14.2 Å². The predicted octanol–water partition coefficient (Wildman–Crippen LogP) is 1.81. The largest absolute Gasteiger partial charge is 0.479 e. The number of nitrogens with zero attached hydrogens (tertiary/aromatic N) is 1. The third-order valence-electron chi connectivity index (χ3n) is 6.04. The smallest absolute Gasteiger partial charge is 0.410 e. The first-order valence-electron chi connectivity index (χ1n) is 12.6. The fourth-order valence-electron chi connectivity index (χ4n) is 3.85. The Morgan fingerprint density at radius 2 is 1.75 bits per heavy atom. The van der Waals surface area contributed by atoms with E-state index in [1.54, 1.807) is 22.7 Å². The summed E-state index contributed by atoms with van der Waals surface area (Å²) in [6.45, 7) is 3.47. The predicted molar refractivity (Wildman–Crippen MR) is 146 cm³/mol. The van der Waals surface area contributed by atoms with Crippen molar-refractivity contribution in [2.45, 2.75) is 57.6 Å². The molecule has 2 aromatic rings. The third kappa shape index (κ3) is 8.57. The molecule has 1 saturated heterocycles. The van der Waals surface area contributed by atoms with Crippen LogP contribution in [0.1, 0.15) is 25.0 Å². The van der Waals surface area contributed by atoms with E-state index in [1.165, 1.54) is 24.6 Å². The number of carboxylic acid groups (broad SMARTS) is 1. The average molecular weight is 579 g/mol. The maximum Gasteiger partial charge on any atom is 0.410 e. The molecule has 1 heterocycles. The van der Waals surface area contributed by atoms with Crippen molar-refractivity contribution < 1.29 is 49.0 Å². The number of benzene rings is 2. The van der Waals surface area contributed by atoms with Crippen LogP contribution in [-0.2, 0) is 32.1 Å². The third-order valence-corrected chi connectivity index (χ3v) is 7.03. The Morgan fingerprint density at radius 1 is 1.02 bits per heavy atom. The Labute approximate surface area is 235 Å². The van der Waals surface area contributed by atoms with Crippen LogP contribution < -0.4 is 10.1 Å². The number of aliphatic carboxylic acids is 1. The monoisotopic (exact) mass is 578 g/mol. The molecule has 13 heteroatoms. The highest BCUT2D eigenvalue weighted by molar-refractivity contribution is 7.99. The van der Waals surface area contributed by atoms with Gasteiger partial charge in [0.15, 0.2) is 6.10 Å². The molecule has 40 heavy (non-hydrogen) atoms. The van der Waals surface area contributed by atoms with E-state index in [0.717, 1.165) is 12.2 Å². The van der Waals surface area contributed by atoms with Gasteiger partial charge < -0.3 is 40.0 Å². The topological polar surface area (TPSA) is 175 Å². The molecule has 3 rings (SSSR count). The zero-order valence-electron chi connectivity index (χ0n) is 22.1. The standard InChI is InChI=1S/C27H34N2O10S/c1-3-29(15-40-12-11-17-7-5-4-6-8-17)27(36)37-14-18-9-10-20(19(13-18)28-16(2)30)38-26-23(33)21(31)22(32)24(39-26)25(34)35/h4-10,13,21-24,26,31-33H,3,11-12,14-15H2,1-2H3,(H,28,30)(H,34,35)/t21-,22-,23+,24-,26+/m0/s1. The molecule has 0 spiro atoms. The van der Waals surface area contributed by atoms with Gasteiger partial charge in [0, 0.05) is 13.5 Å². The second kappa shape index (κ2) is 14.9. The minimum Gasteiger partial charge on any atom is -0.479 e. The molecule has 218 valence electrons. The van der Waals surface area contributed by atoms with Crippen LogP contribution in [0.3, 0.4) is 0 Å². The molecule has 0 saturated carbocycles. The van der Waals surface area contributed by atoms with Crippen LogP contribution in [0.5, 0.6) is 5.75 Å². The van der Waals surface area contributed by atoms with Gasteiger partial charge in [0.05, 0.1) is 11.6 Å². The molecule has 2 amide bonds. The molecule has 5 N–H and O–H groups in total. The fourth-order valence-corrected chi connectivity index (χ4v) is 4.87. The van der Waals surface area contributed by atoms with Crippen LogP contribution in [0, 0.1) is 0 Å². The molecule has 0 unspecified atom stereocenters. The molecule has 1 fully saturated rings. The number of hydrogen-bond donors (Lipinski definition) is 5. The lowest BCUT2D eigenvalue weighted by Crippen LogP contribution is -2.61. The molecule has 5 atom stereocenters. The van der Waals surface area contributed by atoms with Crippen molar-refractivity contribution in [2.75, 3.05) is 23.5 Å². The van der Waals surface area contributed by atoms with Gasteiger partial charge in [-0.2, -0.15) is 0 Å². The van der Waals surface area contributed by atoms with Crippen LogP contribution in [0.4, 0.5) is 10.5 Å². The van der Waals surface area contributed by atoms with Gasteiger partial charge in [-0.25, -0.2) is 9.59 Å². The van der Waals surface area contributed by atoms with Crippen molar-refractivity contribution in [1.29, 1.82) is 0 Å². The molecular weight excluding hydrogens is 544 g/mol. The second-order valence-electron chi connectivity index (χ2n) is 9.05. The summed E-state index contributed by atoms with van der Waals surface area (Å²) in [6.07, 6.45) is -8.61. The summed E-state index contributed by atoms with van der Waals surface area (Å²) in [5, 5.41) is 41.9. The SMILES string of the molecule is CCN(CSCCc1ccccc1)C(=O)OCc1ccc(O[C@@H]2O[C@H](C(=O)O)[C@@H](O)[C@H](O)[C@H]2O)c(NC(C)=O)c1. The molecule has 0 bridgehead atoms. The highest BCUT2D eigenvalue weighted by atomic mass is 32.2. The Bertz CT molecular complexity index is 1150. The summed E-state index contributed by atoms with van der Waals surface area (Å²) >= 11 is 1.62. The van der Waals surface area contributed by atoms with Crippen molar-refractivity contribution in [2.24, 2.45) is 0 Å². The fraction of sp³-hybridized carbons (Fsp3) is 0.444. The Hall–Kier alpha value is -3.36. The van der Waals surface area contributed by atoms with Gasteiger partial charge in [-0.3, -0.25) is 9.69 Å². The summed E-state index contributed by atoms with van der Waals surface area (Å²) in [7, 11) is 0. The Kier molecular flexibility index (Phi) is 11.6. The second-order valence-corrected chi connectivity index (χ2v) is 10.1. The van der Waals surface area contributed by atoms with Gasteiger partial charge in [0.25, 0.3) is 0 Å². The molecule has 2 aromatic carbocycles.